The first-order valence-electron chi connectivity index (χ1n) is 40.6. The van der Waals surface area contributed by atoms with Crippen LogP contribution in [0.5, 0.6) is 23.0 Å². The van der Waals surface area contributed by atoms with Gasteiger partial charge in [-0.2, -0.15) is 0 Å². The lowest BCUT2D eigenvalue weighted by atomic mass is 9.86. The maximum Gasteiger partial charge on any atom is 0.584 e. The number of unbranched alkanes of at least 4 members (excludes halogenated alkanes) is 1. The van der Waals surface area contributed by atoms with Crippen LogP contribution in [0.4, 0.5) is 17.1 Å². The van der Waals surface area contributed by atoms with E-state index < -0.39 is 38.7 Å². The molecule has 602 valence electrons. The van der Waals surface area contributed by atoms with Crippen LogP contribution >= 0.6 is 15.6 Å². The highest BCUT2D eigenvalue weighted by atomic mass is 31.2. The maximum atomic E-state index is 14.9. The fourth-order valence-corrected chi connectivity index (χ4v) is 19.5. The Labute approximate surface area is 695 Å². The second kappa shape index (κ2) is 31.0. The molecule has 0 bridgehead atoms. The molecule has 0 fully saturated rings. The normalized spacial score (nSPS) is 15.3. The van der Waals surface area contributed by atoms with Gasteiger partial charge in [-0.25, -0.2) is 18.7 Å². The van der Waals surface area contributed by atoms with E-state index in [1.165, 1.54) is 4.90 Å². The van der Waals surface area contributed by atoms with E-state index >= 15 is 0 Å². The van der Waals surface area contributed by atoms with Gasteiger partial charge in [-0.3, -0.25) is 29.1 Å². The standard InChI is InChI=1S/C99H81N5O15P2/c1-6-102(7-2)68-40-38-65-53-81(98(108)114-84(65)56-68)79-51-63-25-14-17-28-71(63)89-90-72-29-18-15-26-64(72)52-80(95(90)119-121(112,113)118-94(79)89)82-54-66-39-41-69(57-85(66)115-99(82)109)103(8-3)47-45-58-33-36-61(37-34-58)78-55-67-49-59(21-12-19-32-86(105)100-46-48-104-96(106)75-31-20-30-74-83(101(4)5)44-43-76(87(74)75)97(104)107)35-42-73(67)91-88-70-27-16-13-24-62(70)50-77(60-22-10-9-11-23-60)92(88)116-120(110,111)117-93(78)91/h9-11,13-18,20,22-31,33-44,49-57H,6-8,12,19,21,32,45-48H2,1-5H3,(H,100,105)(H,110,111)(H,112,113). The van der Waals surface area contributed by atoms with Crippen molar-refractivity contribution in [1.29, 1.82) is 0 Å². The molecule has 2 unspecified atom stereocenters. The first kappa shape index (κ1) is 77.3. The van der Waals surface area contributed by atoms with Crippen LogP contribution in [0.15, 0.2) is 267 Å². The van der Waals surface area contributed by atoms with E-state index in [9.17, 15) is 42.9 Å². The lowest BCUT2D eigenvalue weighted by Crippen LogP contribution is -2.44. The number of likely N-dealkylation sites (N-methyl/N-ethyl adjacent to an activating group) is 1. The quantitative estimate of drug-likeness (QED) is 0.0262. The van der Waals surface area contributed by atoms with Gasteiger partial charge in [0.2, 0.25) is 5.91 Å². The highest BCUT2D eigenvalue weighted by molar-refractivity contribution is 7.48. The summed E-state index contributed by atoms with van der Waals surface area (Å²) in [5.41, 5.74) is 9.88. The van der Waals surface area contributed by atoms with Crippen molar-refractivity contribution in [1.82, 2.24) is 10.2 Å². The molecule has 3 aliphatic heterocycles. The topological polar surface area (TPSA) is 248 Å². The Balaban J connectivity index is 0.607. The van der Waals surface area contributed by atoms with Crippen molar-refractivity contribution in [3.8, 4) is 89.8 Å². The van der Waals surface area contributed by atoms with Gasteiger partial charge in [0.1, 0.15) is 34.2 Å². The molecule has 3 N–H and O–H groups in total. The molecule has 0 saturated heterocycles. The number of imide groups is 1. The molecule has 3 amide bonds. The van der Waals surface area contributed by atoms with Crippen molar-refractivity contribution < 1.29 is 60.2 Å². The average Bonchev–Trinajstić information content (AvgIpc) is 1.69. The van der Waals surface area contributed by atoms with E-state index in [1.54, 1.807) is 36.4 Å². The zero-order chi connectivity index (χ0) is 83.3. The van der Waals surface area contributed by atoms with Gasteiger partial charge in [0.05, 0.1) is 11.1 Å². The molecular weight excluding hydrogens is 1560 g/mol. The zero-order valence-corrected chi connectivity index (χ0v) is 68.6. The number of nitrogens with one attached hydrogen (secondary N) is 1. The summed E-state index contributed by atoms with van der Waals surface area (Å²) in [6.07, 6.45) is 2.66. The molecule has 3 aliphatic rings. The minimum atomic E-state index is -5.15. The molecule has 0 spiro atoms. The molecule has 0 radical (unpaired) electrons. The van der Waals surface area contributed by atoms with Crippen molar-refractivity contribution in [3.63, 3.8) is 0 Å². The molecule has 20 nitrogen and oxygen atoms in total. The van der Waals surface area contributed by atoms with Gasteiger partial charge in [0, 0.05) is 166 Å². The number of phosphoric acid groups is 2. The van der Waals surface area contributed by atoms with Crippen LogP contribution in [-0.4, -0.2) is 85.8 Å². The summed E-state index contributed by atoms with van der Waals surface area (Å²) in [5.74, 6) is -0.759. The van der Waals surface area contributed by atoms with Crippen LogP contribution < -0.4 is 49.4 Å². The lowest BCUT2D eigenvalue weighted by Gasteiger charge is -2.28. The highest BCUT2D eigenvalue weighted by Crippen LogP contribution is 2.64. The second-order valence-electron chi connectivity index (χ2n) is 31.0. The summed E-state index contributed by atoms with van der Waals surface area (Å²) in [4.78, 5) is 102. The van der Waals surface area contributed by atoms with E-state index in [4.69, 9.17) is 26.9 Å². The van der Waals surface area contributed by atoms with Crippen LogP contribution in [0.2, 0.25) is 0 Å². The summed E-state index contributed by atoms with van der Waals surface area (Å²) >= 11 is 0. The number of hydrogen-bond acceptors (Lipinski definition) is 16. The SMILES string of the molecule is CCN(CC)c1ccc2cc(-c3cc4ccccc4c4c3OP(=O)(O)Oc3c(-c5cc6ccc(N(CC)CCc7ccc(-c8cc9cc(CCCCC(=O)NCCN%10C(=O)c%11cccc%12c(N(C)C)ccc(c%11%12)C%10=O)ccc9c9c8OP(=O)(O)Oc8c(-c%10ccccc%10)cc%10ccccc%10c8-9)cc7)cc6oc5=O)cc5ccccc5c3-4)c(=O)oc2c1. The van der Waals surface area contributed by atoms with Gasteiger partial charge < -0.3 is 46.9 Å². The van der Waals surface area contributed by atoms with E-state index in [0.717, 1.165) is 73.8 Å². The summed E-state index contributed by atoms with van der Waals surface area (Å²) in [5, 5.41) is 11.5. The predicted molar refractivity (Wildman–Crippen MR) is 479 cm³/mol. The smallest absolute Gasteiger partial charge is 0.422 e. The Kier molecular flexibility index (Phi) is 19.8. The number of carbonyl (C=O) groups is 3. The van der Waals surface area contributed by atoms with Gasteiger partial charge in [-0.1, -0.05) is 158 Å². The van der Waals surface area contributed by atoms with Crippen molar-refractivity contribution in [3.05, 3.63) is 292 Å². The van der Waals surface area contributed by atoms with Gasteiger partial charge in [-0.15, -0.1) is 0 Å². The summed E-state index contributed by atoms with van der Waals surface area (Å²) in [7, 11) is -6.23. The van der Waals surface area contributed by atoms with E-state index in [-0.39, 0.29) is 70.7 Å². The number of nitrogens with zero attached hydrogens (tertiary/aromatic N) is 4. The first-order chi connectivity index (χ1) is 58.7. The number of benzene rings is 14. The van der Waals surface area contributed by atoms with Gasteiger partial charge in [-0.05, 0) is 191 Å². The molecule has 19 rings (SSSR count). The monoisotopic (exact) mass is 1640 g/mol. The summed E-state index contributed by atoms with van der Waals surface area (Å²) in [6.45, 7) is 8.90. The molecule has 16 aromatic rings. The van der Waals surface area contributed by atoms with Crippen molar-refractivity contribution in [2.24, 2.45) is 0 Å². The van der Waals surface area contributed by atoms with Gasteiger partial charge >= 0.3 is 26.9 Å². The third kappa shape index (κ3) is 14.0. The Morgan fingerprint density at radius 2 is 0.860 bits per heavy atom. The van der Waals surface area contributed by atoms with Gasteiger partial charge in [0.25, 0.3) is 11.8 Å². The number of aryl methyl sites for hydroxylation is 1. The Hall–Kier alpha value is -13.6. The van der Waals surface area contributed by atoms with Crippen LogP contribution in [0.25, 0.3) is 143 Å². The van der Waals surface area contributed by atoms with Crippen molar-refractivity contribution in [2.75, 3.05) is 68.1 Å². The van der Waals surface area contributed by atoms with E-state index in [0.29, 0.717) is 138 Å². The fourth-order valence-electron chi connectivity index (χ4n) is 17.8. The molecule has 2 atom stereocenters. The first-order valence-corrected chi connectivity index (χ1v) is 43.6. The van der Waals surface area contributed by atoms with Crippen molar-refractivity contribution >= 4 is 126 Å². The van der Waals surface area contributed by atoms with Crippen LogP contribution in [0.1, 0.15) is 71.9 Å². The average molecular weight is 1640 g/mol. The number of anilines is 3. The van der Waals surface area contributed by atoms with E-state index in [1.807, 2.05) is 232 Å². The molecular formula is C99H81N5O15P2. The zero-order valence-electron chi connectivity index (χ0n) is 66.8. The molecule has 0 saturated carbocycles. The Morgan fingerprint density at radius 3 is 1.40 bits per heavy atom. The molecule has 0 aliphatic carbocycles. The lowest BCUT2D eigenvalue weighted by molar-refractivity contribution is -0.121. The Bertz CT molecular complexity index is 7240. The number of carbonyl (C=O) groups excluding carboxylic acids is 3. The number of hydrogen-bond donors (Lipinski definition) is 3. The van der Waals surface area contributed by atoms with Crippen LogP contribution in [0, 0.1) is 0 Å². The largest absolute Gasteiger partial charge is 0.584 e. The van der Waals surface area contributed by atoms with E-state index in [2.05, 4.69) is 35.0 Å². The molecule has 2 aromatic heterocycles. The van der Waals surface area contributed by atoms with Crippen LogP contribution in [-0.2, 0) is 26.8 Å². The Morgan fingerprint density at radius 1 is 0.405 bits per heavy atom. The molecule has 22 heteroatoms. The minimum Gasteiger partial charge on any atom is -0.422 e. The van der Waals surface area contributed by atoms with Crippen LogP contribution in [0.3, 0.4) is 0 Å². The molecule has 5 heterocycles. The minimum absolute atomic E-state index is 0.0224. The molecule has 14 aromatic carbocycles. The number of rotatable bonds is 21. The maximum absolute atomic E-state index is 14.9. The van der Waals surface area contributed by atoms with Crippen molar-refractivity contribution in [2.45, 2.75) is 52.9 Å². The highest BCUT2D eigenvalue weighted by Gasteiger charge is 2.42. The third-order valence-electron chi connectivity index (χ3n) is 23.6. The predicted octanol–water partition coefficient (Wildman–Crippen LogP) is 21.5. The fraction of sp³-hybridized carbons (Fsp3) is 0.162. The number of amides is 3. The second-order valence-corrected chi connectivity index (χ2v) is 33.6. The summed E-state index contributed by atoms with van der Waals surface area (Å²) < 4.78 is 66.9. The number of phosphoric ester groups is 2. The van der Waals surface area contributed by atoms with Gasteiger partial charge in [0.15, 0.2) is 0 Å². The summed E-state index contributed by atoms with van der Waals surface area (Å²) in [6, 6.07) is 78.0. The number of fused-ring (bicyclic) bond motifs is 16. The third-order valence-corrected chi connectivity index (χ3v) is 25.3. The molecule has 121 heavy (non-hydrogen) atoms.